The van der Waals surface area contributed by atoms with E-state index in [0.717, 1.165) is 58.3 Å². The zero-order valence-electron chi connectivity index (χ0n) is 19.7. The van der Waals surface area contributed by atoms with Gasteiger partial charge < -0.3 is 27.4 Å². The average Bonchev–Trinajstić information content (AvgIpc) is 2.80. The number of anilines is 2. The van der Waals surface area contributed by atoms with Crippen LogP contribution >= 0.6 is 0 Å². The molecule has 1 aromatic rings. The number of hydrogen-bond donors (Lipinski definition) is 5. The zero-order chi connectivity index (χ0) is 24.1. The summed E-state index contributed by atoms with van der Waals surface area (Å²) in [5, 5.41) is 5.74. The lowest BCUT2D eigenvalue weighted by atomic mass is 10.1. The molecule has 1 aliphatic heterocycles. The van der Waals surface area contributed by atoms with E-state index in [-0.39, 0.29) is 23.3 Å². The Balaban J connectivity index is 1.48. The Morgan fingerprint density at radius 1 is 0.970 bits per heavy atom. The molecule has 1 aromatic heterocycles. The second kappa shape index (κ2) is 14.2. The minimum absolute atomic E-state index is 0.0204. The van der Waals surface area contributed by atoms with Gasteiger partial charge in [0.1, 0.15) is 5.82 Å². The third kappa shape index (κ3) is 9.60. The van der Waals surface area contributed by atoms with Gasteiger partial charge in [-0.05, 0) is 19.8 Å². The summed E-state index contributed by atoms with van der Waals surface area (Å²) in [6.07, 6.45) is 9.40. The van der Waals surface area contributed by atoms with Crippen molar-refractivity contribution in [1.82, 2.24) is 25.5 Å². The molecule has 2 amide bonds. The van der Waals surface area contributed by atoms with Crippen LogP contribution in [0, 0.1) is 6.92 Å². The summed E-state index contributed by atoms with van der Waals surface area (Å²) < 4.78 is 0. The summed E-state index contributed by atoms with van der Waals surface area (Å²) in [5.41, 5.74) is 17.5. The van der Waals surface area contributed by atoms with Crippen molar-refractivity contribution in [2.75, 3.05) is 44.2 Å². The number of carbonyl (C=O) groups excluding carboxylic acids is 2. The standard InChI is InChI=1S/C22H39N9O2/c1-16-19(23)29-20(24)18(28-16)21(33)30-22(25)27-11-9-7-5-3-2-4-6-8-10-17(32)31-14-12-26-13-15-31/h26H,2-15H2,1H3,(H4,23,24,29)(H3,25,27,30,33). The van der Waals surface area contributed by atoms with Gasteiger partial charge in [-0.15, -0.1) is 0 Å². The predicted molar refractivity (Wildman–Crippen MR) is 131 cm³/mol. The second-order valence-electron chi connectivity index (χ2n) is 8.36. The van der Waals surface area contributed by atoms with Crippen LogP contribution < -0.4 is 27.8 Å². The number of nitrogen functional groups attached to an aromatic ring is 2. The van der Waals surface area contributed by atoms with Crippen molar-refractivity contribution < 1.29 is 9.59 Å². The Morgan fingerprint density at radius 2 is 1.58 bits per heavy atom. The molecule has 11 nitrogen and oxygen atoms in total. The molecule has 0 bridgehead atoms. The third-order valence-electron chi connectivity index (χ3n) is 5.64. The van der Waals surface area contributed by atoms with Gasteiger partial charge in [0.2, 0.25) is 5.91 Å². The molecule has 2 heterocycles. The van der Waals surface area contributed by atoms with E-state index in [4.69, 9.17) is 17.2 Å². The molecule has 11 heteroatoms. The monoisotopic (exact) mass is 461 g/mol. The Labute approximate surface area is 196 Å². The van der Waals surface area contributed by atoms with E-state index in [9.17, 15) is 9.59 Å². The highest BCUT2D eigenvalue weighted by atomic mass is 16.2. The Morgan fingerprint density at radius 3 is 2.24 bits per heavy atom. The van der Waals surface area contributed by atoms with E-state index in [0.29, 0.717) is 24.6 Å². The molecule has 1 saturated heterocycles. The topological polar surface area (TPSA) is 178 Å². The molecule has 8 N–H and O–H groups in total. The summed E-state index contributed by atoms with van der Waals surface area (Å²) in [5.74, 6) is -0.0846. The molecule has 2 rings (SSSR count). The Hall–Kier alpha value is -2.95. The highest BCUT2D eigenvalue weighted by Crippen LogP contribution is 2.12. The number of amides is 2. The fourth-order valence-corrected chi connectivity index (χ4v) is 3.65. The van der Waals surface area contributed by atoms with Crippen LogP contribution in [-0.4, -0.2) is 65.4 Å². The fourth-order valence-electron chi connectivity index (χ4n) is 3.65. The quantitative estimate of drug-likeness (QED) is 0.173. The van der Waals surface area contributed by atoms with Crippen molar-refractivity contribution in [2.24, 2.45) is 10.7 Å². The molecule has 0 aromatic carbocycles. The second-order valence-corrected chi connectivity index (χ2v) is 8.36. The average molecular weight is 462 g/mol. The molecule has 0 radical (unpaired) electrons. The van der Waals surface area contributed by atoms with Crippen molar-refractivity contribution in [1.29, 1.82) is 0 Å². The lowest BCUT2D eigenvalue weighted by Gasteiger charge is -2.27. The van der Waals surface area contributed by atoms with Gasteiger partial charge in [-0.2, -0.15) is 0 Å². The number of nitrogens with two attached hydrogens (primary N) is 3. The van der Waals surface area contributed by atoms with E-state index in [2.05, 4.69) is 25.6 Å². The number of carbonyl (C=O) groups is 2. The first-order valence-electron chi connectivity index (χ1n) is 11.9. The number of guanidine groups is 1. The van der Waals surface area contributed by atoms with Gasteiger partial charge in [0, 0.05) is 39.1 Å². The number of aryl methyl sites for hydroxylation is 1. The Kier molecular flexibility index (Phi) is 11.4. The number of rotatable bonds is 12. The summed E-state index contributed by atoms with van der Waals surface area (Å²) >= 11 is 0. The van der Waals surface area contributed by atoms with Gasteiger partial charge in [-0.25, -0.2) is 9.97 Å². The molecular formula is C22H39N9O2. The van der Waals surface area contributed by atoms with Crippen molar-refractivity contribution in [3.05, 3.63) is 11.4 Å². The van der Waals surface area contributed by atoms with Crippen LogP contribution in [0.3, 0.4) is 0 Å². The van der Waals surface area contributed by atoms with Crippen LogP contribution in [0.2, 0.25) is 0 Å². The molecule has 1 aliphatic rings. The zero-order valence-corrected chi connectivity index (χ0v) is 19.7. The number of aromatic nitrogens is 2. The lowest BCUT2D eigenvalue weighted by molar-refractivity contribution is -0.131. The van der Waals surface area contributed by atoms with Crippen LogP contribution in [0.15, 0.2) is 4.99 Å². The maximum atomic E-state index is 12.2. The maximum absolute atomic E-state index is 12.2. The number of piperazine rings is 1. The number of hydrogen-bond acceptors (Lipinski definition) is 8. The highest BCUT2D eigenvalue weighted by molar-refractivity contribution is 6.06. The van der Waals surface area contributed by atoms with E-state index in [1.54, 1.807) is 6.92 Å². The molecular weight excluding hydrogens is 422 g/mol. The van der Waals surface area contributed by atoms with Crippen LogP contribution in [0.25, 0.3) is 0 Å². The molecule has 0 atom stereocenters. The van der Waals surface area contributed by atoms with Crippen molar-refractivity contribution in [3.8, 4) is 0 Å². The van der Waals surface area contributed by atoms with Gasteiger partial charge in [-0.1, -0.05) is 38.5 Å². The number of nitrogens with one attached hydrogen (secondary N) is 2. The maximum Gasteiger partial charge on any atom is 0.280 e. The summed E-state index contributed by atoms with van der Waals surface area (Å²) in [6, 6.07) is 0. The van der Waals surface area contributed by atoms with Crippen molar-refractivity contribution in [2.45, 2.75) is 64.7 Å². The minimum atomic E-state index is -0.556. The largest absolute Gasteiger partial charge is 0.382 e. The van der Waals surface area contributed by atoms with Gasteiger partial charge in [0.25, 0.3) is 5.91 Å². The molecule has 33 heavy (non-hydrogen) atoms. The molecule has 1 fully saturated rings. The first-order valence-corrected chi connectivity index (χ1v) is 11.9. The van der Waals surface area contributed by atoms with Crippen molar-refractivity contribution >= 4 is 29.4 Å². The van der Waals surface area contributed by atoms with E-state index >= 15 is 0 Å². The molecule has 0 saturated carbocycles. The summed E-state index contributed by atoms with van der Waals surface area (Å²) in [6.45, 7) is 5.69. The van der Waals surface area contributed by atoms with Gasteiger partial charge in [0.15, 0.2) is 17.5 Å². The summed E-state index contributed by atoms with van der Waals surface area (Å²) in [4.78, 5) is 38.4. The molecule has 0 spiro atoms. The smallest absolute Gasteiger partial charge is 0.280 e. The van der Waals surface area contributed by atoms with E-state index in [1.165, 1.54) is 19.3 Å². The van der Waals surface area contributed by atoms with Crippen LogP contribution in [-0.2, 0) is 4.79 Å². The fraction of sp³-hybridized carbons (Fsp3) is 0.682. The summed E-state index contributed by atoms with van der Waals surface area (Å²) in [7, 11) is 0. The van der Waals surface area contributed by atoms with Crippen molar-refractivity contribution in [3.63, 3.8) is 0 Å². The minimum Gasteiger partial charge on any atom is -0.382 e. The van der Waals surface area contributed by atoms with Gasteiger partial charge in [-0.3, -0.25) is 19.9 Å². The van der Waals surface area contributed by atoms with E-state index in [1.807, 2.05) is 4.90 Å². The number of aliphatic imine (C=N–C) groups is 1. The third-order valence-corrected chi connectivity index (χ3v) is 5.64. The molecule has 184 valence electrons. The lowest BCUT2D eigenvalue weighted by Crippen LogP contribution is -2.46. The Bertz CT molecular complexity index is 807. The SMILES string of the molecule is Cc1nc(C(=O)NC(N)=NCCCCCCCCCCC(=O)N2CCNCC2)c(N)nc1N. The first kappa shape index (κ1) is 26.3. The van der Waals surface area contributed by atoms with Crippen LogP contribution in [0.4, 0.5) is 11.6 Å². The van der Waals surface area contributed by atoms with Crippen LogP contribution in [0.1, 0.15) is 74.0 Å². The van der Waals surface area contributed by atoms with E-state index < -0.39 is 5.91 Å². The number of unbranched alkanes of at least 4 members (excludes halogenated alkanes) is 7. The highest BCUT2D eigenvalue weighted by Gasteiger charge is 2.16. The predicted octanol–water partition coefficient (Wildman–Crippen LogP) is 0.937. The molecule has 0 unspecified atom stereocenters. The number of nitrogens with zero attached hydrogens (tertiary/aromatic N) is 4. The normalized spacial score (nSPS) is 14.3. The first-order chi connectivity index (χ1) is 15.9. The van der Waals surface area contributed by atoms with Crippen LogP contribution in [0.5, 0.6) is 0 Å². The van der Waals surface area contributed by atoms with Gasteiger partial charge in [0.05, 0.1) is 5.69 Å². The van der Waals surface area contributed by atoms with Gasteiger partial charge >= 0.3 is 0 Å². The molecule has 0 aliphatic carbocycles.